The maximum Gasteiger partial charge on any atom is 0.0925 e. The molecule has 1 aromatic carbocycles. The number of halogens is 2. The molecule has 0 radical (unpaired) electrons. The van der Waals surface area contributed by atoms with Crippen molar-refractivity contribution in [3.63, 3.8) is 0 Å². The molecule has 0 amide bonds. The molecule has 0 saturated heterocycles. The summed E-state index contributed by atoms with van der Waals surface area (Å²) in [6, 6.07) is 8.33. The monoisotopic (exact) mass is 348 g/mol. The Balaban J connectivity index is 2.70. The van der Waals surface area contributed by atoms with Crippen molar-refractivity contribution in [2.75, 3.05) is 5.33 Å². The van der Waals surface area contributed by atoms with E-state index < -0.39 is 0 Å². The van der Waals surface area contributed by atoms with Gasteiger partial charge in [0.15, 0.2) is 0 Å². The fourth-order valence-corrected chi connectivity index (χ4v) is 2.39. The molecule has 0 N–H and O–H groups in total. The molecule has 1 unspecified atom stereocenters. The van der Waals surface area contributed by atoms with Gasteiger partial charge in [-0.25, -0.2) is 0 Å². The molecular formula is C13H18Br2O. The van der Waals surface area contributed by atoms with Crippen LogP contribution in [0.15, 0.2) is 28.7 Å². The second-order valence-electron chi connectivity index (χ2n) is 3.77. The van der Waals surface area contributed by atoms with Crippen molar-refractivity contribution in [2.24, 2.45) is 0 Å². The number of hydrogen-bond donors (Lipinski definition) is 0. The summed E-state index contributed by atoms with van der Waals surface area (Å²) in [5.41, 5.74) is 1.23. The first-order valence-electron chi connectivity index (χ1n) is 5.68. The molecule has 90 valence electrons. The quantitative estimate of drug-likeness (QED) is 0.650. The molecule has 0 bridgehead atoms. The summed E-state index contributed by atoms with van der Waals surface area (Å²) >= 11 is 6.96. The zero-order valence-corrected chi connectivity index (χ0v) is 12.9. The summed E-state index contributed by atoms with van der Waals surface area (Å²) < 4.78 is 7.17. The number of alkyl halides is 1. The van der Waals surface area contributed by atoms with Gasteiger partial charge >= 0.3 is 0 Å². The molecule has 3 heteroatoms. The van der Waals surface area contributed by atoms with Crippen molar-refractivity contribution < 1.29 is 4.74 Å². The molecule has 1 nitrogen and oxygen atoms in total. The third-order valence-corrected chi connectivity index (χ3v) is 3.77. The van der Waals surface area contributed by atoms with Crippen molar-refractivity contribution in [1.29, 1.82) is 0 Å². The van der Waals surface area contributed by atoms with Gasteiger partial charge < -0.3 is 4.74 Å². The van der Waals surface area contributed by atoms with Gasteiger partial charge in [-0.15, -0.1) is 0 Å². The molecule has 0 aliphatic rings. The molecule has 0 aliphatic heterocycles. The molecule has 0 heterocycles. The van der Waals surface area contributed by atoms with Crippen LogP contribution < -0.4 is 0 Å². The third-order valence-electron chi connectivity index (χ3n) is 2.65. The van der Waals surface area contributed by atoms with Crippen LogP contribution >= 0.6 is 31.9 Å². The average molecular weight is 350 g/mol. The van der Waals surface area contributed by atoms with E-state index in [4.69, 9.17) is 4.74 Å². The molecule has 0 aliphatic carbocycles. The Morgan fingerprint density at radius 1 is 1.12 bits per heavy atom. The van der Waals surface area contributed by atoms with Gasteiger partial charge in [0.25, 0.3) is 0 Å². The highest BCUT2D eigenvalue weighted by atomic mass is 79.9. The molecule has 16 heavy (non-hydrogen) atoms. The van der Waals surface area contributed by atoms with Crippen LogP contribution in [0.5, 0.6) is 0 Å². The van der Waals surface area contributed by atoms with Gasteiger partial charge in [-0.1, -0.05) is 57.8 Å². The van der Waals surface area contributed by atoms with E-state index in [1.807, 2.05) is 0 Å². The van der Waals surface area contributed by atoms with Crippen LogP contribution in [-0.4, -0.2) is 11.4 Å². The minimum atomic E-state index is 0.151. The molecule has 1 rings (SSSR count). The number of rotatable bonds is 6. The predicted octanol–water partition coefficient (Wildman–Crippen LogP) is 5.09. The van der Waals surface area contributed by atoms with E-state index in [0.29, 0.717) is 6.10 Å². The van der Waals surface area contributed by atoms with Crippen molar-refractivity contribution >= 4 is 31.9 Å². The number of benzene rings is 1. The lowest BCUT2D eigenvalue weighted by atomic mass is 10.1. The third kappa shape index (κ3) is 4.19. The lowest BCUT2D eigenvalue weighted by Gasteiger charge is -2.22. The van der Waals surface area contributed by atoms with E-state index >= 15 is 0 Å². The number of hydrogen-bond acceptors (Lipinski definition) is 1. The maximum absolute atomic E-state index is 6.06. The van der Waals surface area contributed by atoms with Gasteiger partial charge in [-0.2, -0.15) is 0 Å². The fraction of sp³-hybridized carbons (Fsp3) is 0.538. The topological polar surface area (TPSA) is 9.23 Å². The van der Waals surface area contributed by atoms with Crippen LogP contribution in [0.3, 0.4) is 0 Å². The summed E-state index contributed by atoms with van der Waals surface area (Å²) in [4.78, 5) is 0. The van der Waals surface area contributed by atoms with E-state index in [-0.39, 0.29) is 6.10 Å². The molecule has 1 aromatic rings. The van der Waals surface area contributed by atoms with Crippen molar-refractivity contribution in [3.8, 4) is 0 Å². The highest BCUT2D eigenvalue weighted by molar-refractivity contribution is 9.10. The largest absolute Gasteiger partial charge is 0.369 e. The Hall–Kier alpha value is 0.140. The first-order chi connectivity index (χ1) is 7.71. The molecule has 0 spiro atoms. The van der Waals surface area contributed by atoms with E-state index in [1.54, 1.807) is 0 Å². The normalized spacial score (nSPS) is 13.1. The Bertz CT molecular complexity index is 293. The Morgan fingerprint density at radius 2 is 1.69 bits per heavy atom. The molecule has 0 saturated carbocycles. The molecule has 0 aromatic heterocycles. The minimum Gasteiger partial charge on any atom is -0.369 e. The van der Waals surface area contributed by atoms with E-state index in [9.17, 15) is 0 Å². The van der Waals surface area contributed by atoms with Gasteiger partial charge in [0.2, 0.25) is 0 Å². The second-order valence-corrected chi connectivity index (χ2v) is 5.33. The zero-order valence-electron chi connectivity index (χ0n) is 9.75. The van der Waals surface area contributed by atoms with E-state index in [1.165, 1.54) is 5.56 Å². The summed E-state index contributed by atoms with van der Waals surface area (Å²) in [6.07, 6.45) is 2.64. The molecule has 0 fully saturated rings. The fourth-order valence-electron chi connectivity index (χ4n) is 1.59. The lowest BCUT2D eigenvalue weighted by Crippen LogP contribution is -2.16. The first kappa shape index (κ1) is 14.2. The van der Waals surface area contributed by atoms with Gasteiger partial charge in [-0.3, -0.25) is 0 Å². The molecule has 1 atom stereocenters. The SMILES string of the molecule is CCC(CC)OC(CBr)c1ccc(Br)cc1. The van der Waals surface area contributed by atoms with Gasteiger partial charge in [0, 0.05) is 9.80 Å². The van der Waals surface area contributed by atoms with Crippen LogP contribution in [0.1, 0.15) is 38.4 Å². The van der Waals surface area contributed by atoms with Crippen LogP contribution in [0.2, 0.25) is 0 Å². The smallest absolute Gasteiger partial charge is 0.0925 e. The number of ether oxygens (including phenoxy) is 1. The van der Waals surface area contributed by atoms with Gasteiger partial charge in [0.05, 0.1) is 12.2 Å². The Labute approximate surface area is 115 Å². The van der Waals surface area contributed by atoms with Crippen LogP contribution in [-0.2, 0) is 4.74 Å². The molecular weight excluding hydrogens is 332 g/mol. The highest BCUT2D eigenvalue weighted by Crippen LogP contribution is 2.24. The van der Waals surface area contributed by atoms with Crippen molar-refractivity contribution in [2.45, 2.75) is 38.9 Å². The maximum atomic E-state index is 6.06. The van der Waals surface area contributed by atoms with Crippen molar-refractivity contribution in [1.82, 2.24) is 0 Å². The van der Waals surface area contributed by atoms with Crippen LogP contribution in [0.25, 0.3) is 0 Å². The Kier molecular flexibility index (Phi) is 6.62. The minimum absolute atomic E-state index is 0.151. The summed E-state index contributed by atoms with van der Waals surface area (Å²) in [5, 5.41) is 0.838. The summed E-state index contributed by atoms with van der Waals surface area (Å²) in [5.74, 6) is 0. The standard InChI is InChI=1S/C13H18Br2O/c1-3-12(4-2)16-13(9-14)10-5-7-11(15)8-6-10/h5-8,12-13H,3-4,9H2,1-2H3. The zero-order chi connectivity index (χ0) is 12.0. The van der Waals surface area contributed by atoms with Gasteiger partial charge in [0.1, 0.15) is 0 Å². The summed E-state index contributed by atoms with van der Waals surface area (Å²) in [7, 11) is 0. The van der Waals surface area contributed by atoms with Crippen LogP contribution in [0.4, 0.5) is 0 Å². The summed E-state index contributed by atoms with van der Waals surface area (Å²) in [6.45, 7) is 4.34. The first-order valence-corrected chi connectivity index (χ1v) is 7.59. The van der Waals surface area contributed by atoms with Gasteiger partial charge in [-0.05, 0) is 30.5 Å². The Morgan fingerprint density at radius 3 is 2.12 bits per heavy atom. The lowest BCUT2D eigenvalue weighted by molar-refractivity contribution is -0.00393. The van der Waals surface area contributed by atoms with Crippen LogP contribution in [0, 0.1) is 0 Å². The predicted molar refractivity (Wildman–Crippen MR) is 76.1 cm³/mol. The average Bonchev–Trinajstić information content (AvgIpc) is 2.32. The van der Waals surface area contributed by atoms with Crippen molar-refractivity contribution in [3.05, 3.63) is 34.3 Å². The van der Waals surface area contributed by atoms with E-state index in [2.05, 4.69) is 70.0 Å². The highest BCUT2D eigenvalue weighted by Gasteiger charge is 2.14. The second kappa shape index (κ2) is 7.46. The van der Waals surface area contributed by atoms with E-state index in [0.717, 1.165) is 22.6 Å².